The zero-order valence-electron chi connectivity index (χ0n) is 17.3. The van der Waals surface area contributed by atoms with E-state index in [-0.39, 0.29) is 13.0 Å². The van der Waals surface area contributed by atoms with Gasteiger partial charge in [0.05, 0.1) is 6.04 Å². The van der Waals surface area contributed by atoms with E-state index in [1.54, 1.807) is 30.3 Å². The Morgan fingerprint density at radius 3 is 2.22 bits per heavy atom. The first-order chi connectivity index (χ1) is 14.8. The molecule has 0 aliphatic carbocycles. The first kappa shape index (κ1) is 26.6. The van der Waals surface area contributed by atoms with E-state index >= 15 is 0 Å². The van der Waals surface area contributed by atoms with Crippen molar-refractivity contribution < 1.29 is 43.4 Å². The molecular weight excluding hydrogens is 464 g/mol. The number of hydrogen-bond acceptors (Lipinski definition) is 6. The van der Waals surface area contributed by atoms with Gasteiger partial charge in [-0.25, -0.2) is 0 Å². The summed E-state index contributed by atoms with van der Waals surface area (Å²) in [6, 6.07) is 7.07. The van der Waals surface area contributed by atoms with Gasteiger partial charge in [-0.05, 0) is 31.4 Å². The van der Waals surface area contributed by atoms with Gasteiger partial charge >= 0.3 is 15.2 Å². The summed E-state index contributed by atoms with van der Waals surface area (Å²) in [7, 11) is -11.3. The van der Waals surface area contributed by atoms with Crippen LogP contribution in [0, 0.1) is 0 Å². The molecule has 12 nitrogen and oxygen atoms in total. The number of carbonyl (C=O) groups is 2. The van der Waals surface area contributed by atoms with Crippen molar-refractivity contribution in [3.05, 3.63) is 35.9 Å². The van der Waals surface area contributed by atoms with Crippen LogP contribution in [0.5, 0.6) is 0 Å². The Kier molecular flexibility index (Phi) is 8.77. The molecule has 0 saturated carbocycles. The number of hydrogen-bond donors (Lipinski definition) is 7. The number of nitrogens with zero attached hydrogens (tertiary/aromatic N) is 1. The number of primary amides is 1. The van der Waals surface area contributed by atoms with Gasteiger partial charge in [-0.2, -0.15) is 0 Å². The van der Waals surface area contributed by atoms with E-state index in [1.165, 1.54) is 0 Å². The van der Waals surface area contributed by atoms with Gasteiger partial charge in [-0.3, -0.25) is 18.7 Å². The molecule has 8 N–H and O–H groups in total. The maximum Gasteiger partial charge on any atom is 0.369 e. The molecule has 2 amide bonds. The maximum atomic E-state index is 13.1. The third-order valence-electron chi connectivity index (χ3n) is 5.46. The average molecular weight is 493 g/mol. The van der Waals surface area contributed by atoms with Crippen LogP contribution >= 0.6 is 15.2 Å². The summed E-state index contributed by atoms with van der Waals surface area (Å²) < 4.78 is 23.2. The van der Waals surface area contributed by atoms with Crippen LogP contribution in [-0.2, 0) is 25.1 Å². The molecule has 1 aromatic carbocycles. The van der Waals surface area contributed by atoms with E-state index in [0.717, 1.165) is 16.9 Å². The van der Waals surface area contributed by atoms with Crippen molar-refractivity contribution in [1.29, 1.82) is 0 Å². The summed E-state index contributed by atoms with van der Waals surface area (Å²) in [5.41, 5.74) is 6.28. The van der Waals surface area contributed by atoms with E-state index < -0.39 is 57.0 Å². The highest BCUT2D eigenvalue weighted by Crippen LogP contribution is 2.69. The third kappa shape index (κ3) is 6.24. The lowest BCUT2D eigenvalue weighted by Gasteiger charge is -2.34. The molecule has 32 heavy (non-hydrogen) atoms. The first-order valence-electron chi connectivity index (χ1n) is 9.98. The largest absolute Gasteiger partial charge is 0.369 e. The third-order valence-corrected chi connectivity index (χ3v) is 9.34. The Balaban J connectivity index is 2.28. The molecular formula is C18H29N3O9P2. The number of rotatable bonds is 11. The quantitative estimate of drug-likeness (QED) is 0.195. The summed E-state index contributed by atoms with van der Waals surface area (Å²) in [5, 5.41) is 9.51. The SMILES string of the molecule is NC(=O)[C@H](Cc1ccccc1)N(CCCC(O)(P(=O)(O)O)P(=O)(O)O)C(=O)[C@@H]1CCCN1. The fraction of sp³-hybridized carbons (Fsp3) is 0.556. The number of nitrogens with two attached hydrogens (primary N) is 1. The molecule has 0 bridgehead atoms. The van der Waals surface area contributed by atoms with Gasteiger partial charge in [0.1, 0.15) is 6.04 Å². The molecule has 180 valence electrons. The van der Waals surface area contributed by atoms with Crippen molar-refractivity contribution in [2.45, 2.75) is 49.3 Å². The summed E-state index contributed by atoms with van der Waals surface area (Å²) in [5.74, 6) is -1.27. The lowest BCUT2D eigenvalue weighted by atomic mass is 10.0. The molecule has 0 aromatic heterocycles. The van der Waals surface area contributed by atoms with Crippen LogP contribution in [0.25, 0.3) is 0 Å². The molecule has 1 heterocycles. The van der Waals surface area contributed by atoms with Crippen LogP contribution in [-0.4, -0.2) is 71.7 Å². The van der Waals surface area contributed by atoms with Crippen molar-refractivity contribution in [3.63, 3.8) is 0 Å². The van der Waals surface area contributed by atoms with Crippen molar-refractivity contribution in [2.24, 2.45) is 5.73 Å². The minimum Gasteiger partial charge on any atom is -0.368 e. The number of amides is 2. The molecule has 1 fully saturated rings. The molecule has 1 aliphatic rings. The Bertz CT molecular complexity index is 874. The Morgan fingerprint density at radius 2 is 1.75 bits per heavy atom. The number of carbonyl (C=O) groups excluding carboxylic acids is 2. The Labute approximate surface area is 185 Å². The lowest BCUT2D eigenvalue weighted by Crippen LogP contribution is -2.54. The first-order valence-corrected chi connectivity index (χ1v) is 13.2. The standard InChI is InChI=1S/C18H29N3O9P2/c19-16(22)15(12-13-6-2-1-3-7-13)21(17(23)14-8-4-10-20-14)11-5-9-18(24,31(25,26)27)32(28,29)30/h1-3,6-7,14-15,20,24H,4-5,8-12H2,(H2,19,22)(H2,25,26,27)(H2,28,29,30)/t14-,15-/m0/s1. The minimum atomic E-state index is -5.63. The second-order valence-corrected chi connectivity index (χ2v) is 11.8. The number of nitrogens with one attached hydrogen (secondary N) is 1. The highest BCUT2D eigenvalue weighted by Gasteiger charge is 2.58. The van der Waals surface area contributed by atoms with E-state index in [1.807, 2.05) is 0 Å². The van der Waals surface area contributed by atoms with Crippen molar-refractivity contribution in [3.8, 4) is 0 Å². The highest BCUT2D eigenvalue weighted by atomic mass is 31.2. The zero-order chi connectivity index (χ0) is 24.2. The number of aliphatic hydroxyl groups is 1. The second-order valence-electron chi connectivity index (χ2n) is 7.75. The molecule has 1 saturated heterocycles. The molecule has 14 heteroatoms. The number of benzene rings is 1. The molecule has 0 spiro atoms. The van der Waals surface area contributed by atoms with Gasteiger partial charge in [0, 0.05) is 19.4 Å². The molecule has 1 aliphatic heterocycles. The summed E-state index contributed by atoms with van der Waals surface area (Å²) >= 11 is 0. The van der Waals surface area contributed by atoms with Crippen LogP contribution in [0.1, 0.15) is 31.2 Å². The summed E-state index contributed by atoms with van der Waals surface area (Å²) in [6.45, 7) is 0.292. The van der Waals surface area contributed by atoms with Crippen LogP contribution in [0.4, 0.5) is 0 Å². The molecule has 1 aromatic rings. The fourth-order valence-corrected chi connectivity index (χ4v) is 5.92. The molecule has 0 unspecified atom stereocenters. The maximum absolute atomic E-state index is 13.1. The van der Waals surface area contributed by atoms with Gasteiger partial charge in [-0.15, -0.1) is 0 Å². The van der Waals surface area contributed by atoms with E-state index in [0.29, 0.717) is 13.0 Å². The van der Waals surface area contributed by atoms with Crippen molar-refractivity contribution in [1.82, 2.24) is 10.2 Å². The van der Waals surface area contributed by atoms with Crippen molar-refractivity contribution in [2.75, 3.05) is 13.1 Å². The zero-order valence-corrected chi connectivity index (χ0v) is 19.1. The van der Waals surface area contributed by atoms with E-state index in [2.05, 4.69) is 5.32 Å². The van der Waals surface area contributed by atoms with Gasteiger partial charge in [0.25, 0.3) is 5.08 Å². The van der Waals surface area contributed by atoms with Crippen molar-refractivity contribution >= 4 is 27.0 Å². The van der Waals surface area contributed by atoms with E-state index in [9.17, 15) is 43.4 Å². The molecule has 2 rings (SSSR count). The monoisotopic (exact) mass is 493 g/mol. The van der Waals surface area contributed by atoms with Crippen LogP contribution < -0.4 is 11.1 Å². The molecule has 0 radical (unpaired) electrons. The fourth-order valence-electron chi connectivity index (χ4n) is 3.66. The van der Waals surface area contributed by atoms with Crippen LogP contribution in [0.3, 0.4) is 0 Å². The van der Waals surface area contributed by atoms with Gasteiger partial charge in [0.2, 0.25) is 11.8 Å². The average Bonchev–Trinajstić information content (AvgIpc) is 3.23. The summed E-state index contributed by atoms with van der Waals surface area (Å²) in [4.78, 5) is 63.8. The topological polar surface area (TPSA) is 211 Å². The smallest absolute Gasteiger partial charge is 0.368 e. The highest BCUT2D eigenvalue weighted by molar-refractivity contribution is 7.72. The Hall–Kier alpha value is -1.62. The predicted octanol–water partition coefficient (Wildman–Crippen LogP) is -0.555. The predicted molar refractivity (Wildman–Crippen MR) is 114 cm³/mol. The van der Waals surface area contributed by atoms with E-state index in [4.69, 9.17) is 5.73 Å². The van der Waals surface area contributed by atoms with Gasteiger partial charge in [-0.1, -0.05) is 30.3 Å². The minimum absolute atomic E-state index is 0.0793. The normalized spacial score (nSPS) is 18.3. The second kappa shape index (κ2) is 10.5. The lowest BCUT2D eigenvalue weighted by molar-refractivity contribution is -0.141. The van der Waals surface area contributed by atoms with Gasteiger partial charge < -0.3 is 40.6 Å². The van der Waals surface area contributed by atoms with Crippen LogP contribution in [0.2, 0.25) is 0 Å². The Morgan fingerprint density at radius 1 is 1.16 bits per heavy atom. The van der Waals surface area contributed by atoms with Gasteiger partial charge in [0.15, 0.2) is 0 Å². The van der Waals surface area contributed by atoms with Crippen LogP contribution in [0.15, 0.2) is 30.3 Å². The summed E-state index contributed by atoms with van der Waals surface area (Å²) in [6.07, 6.45) is -0.0682. The molecule has 2 atom stereocenters.